The fraction of sp³-hybridized carbons (Fsp3) is 0.735. The van der Waals surface area contributed by atoms with Gasteiger partial charge in [-0.25, -0.2) is 4.79 Å². The molecule has 0 aliphatic carbocycles. The molecular weight excluding hydrogens is 568 g/mol. The molecule has 0 spiro atoms. The fourth-order valence-corrected chi connectivity index (χ4v) is 5.29. The molecule has 0 aliphatic rings. The highest BCUT2D eigenvalue weighted by molar-refractivity contribution is 5.81. The zero-order valence-corrected chi connectivity index (χ0v) is 28.5. The van der Waals surface area contributed by atoms with E-state index in [9.17, 15) is 4.79 Å². The number of hydrogen-bond acceptors (Lipinski definition) is 10. The zero-order chi connectivity index (χ0) is 32.7. The van der Waals surface area contributed by atoms with E-state index in [4.69, 9.17) is 42.6 Å². The summed E-state index contributed by atoms with van der Waals surface area (Å²) in [4.78, 5) is 11.9. The molecule has 1 aromatic rings. The Hall–Kier alpha value is -2.05. The van der Waals surface area contributed by atoms with Gasteiger partial charge in [-0.3, -0.25) is 0 Å². The monoisotopic (exact) mass is 626 g/mol. The Labute approximate surface area is 265 Å². The summed E-state index contributed by atoms with van der Waals surface area (Å²) < 4.78 is 50.6. The van der Waals surface area contributed by atoms with E-state index in [0.29, 0.717) is 19.8 Å². The van der Waals surface area contributed by atoms with E-state index >= 15 is 0 Å². The number of rotatable bonds is 26. The van der Waals surface area contributed by atoms with Crippen LogP contribution in [0.2, 0.25) is 0 Å². The minimum atomic E-state index is -0.360. The van der Waals surface area contributed by atoms with Gasteiger partial charge in [-0.2, -0.15) is 0 Å². The van der Waals surface area contributed by atoms with Crippen molar-refractivity contribution in [2.24, 2.45) is 23.7 Å². The van der Waals surface area contributed by atoms with Crippen molar-refractivity contribution in [2.75, 3.05) is 62.0 Å². The maximum atomic E-state index is 11.9. The van der Waals surface area contributed by atoms with Gasteiger partial charge in [0.25, 0.3) is 0 Å². The van der Waals surface area contributed by atoms with Crippen molar-refractivity contribution < 1.29 is 47.4 Å². The topological polar surface area (TPSA) is 100 Å². The van der Waals surface area contributed by atoms with Crippen molar-refractivity contribution >= 4 is 5.97 Å². The fourth-order valence-electron chi connectivity index (χ4n) is 5.29. The Morgan fingerprint density at radius 3 is 1.95 bits per heavy atom. The Morgan fingerprint density at radius 2 is 1.36 bits per heavy atom. The van der Waals surface area contributed by atoms with Crippen LogP contribution in [0.25, 0.3) is 0 Å². The lowest BCUT2D eigenvalue weighted by Gasteiger charge is -2.35. The van der Waals surface area contributed by atoms with Crippen LogP contribution in [-0.2, 0) is 49.3 Å². The molecule has 0 amide bonds. The maximum Gasteiger partial charge on any atom is 0.330 e. The van der Waals surface area contributed by atoms with Crippen molar-refractivity contribution in [3.63, 3.8) is 0 Å². The van der Waals surface area contributed by atoms with Crippen LogP contribution in [0, 0.1) is 23.7 Å². The van der Waals surface area contributed by atoms with Crippen molar-refractivity contribution in [2.45, 2.75) is 78.8 Å². The molecule has 1 aromatic carbocycles. The van der Waals surface area contributed by atoms with Crippen LogP contribution in [0.1, 0.15) is 59.4 Å². The SMILES string of the molecule is CCOC(=O)/C=C/[C@@H](C)[C@@H](OCOC)[C@@H](C)CC[C@@H](OCOC)[C@H](C)[C@H](OCOC)[C@H](C)CCOCc1ccc(OC)cc1. The molecule has 1 rings (SSSR count). The van der Waals surface area contributed by atoms with Crippen LogP contribution in [0.3, 0.4) is 0 Å². The van der Waals surface area contributed by atoms with Crippen LogP contribution in [-0.4, -0.2) is 86.3 Å². The van der Waals surface area contributed by atoms with Gasteiger partial charge in [0.05, 0.1) is 38.6 Å². The first-order chi connectivity index (χ1) is 21.2. The molecular formula is C34H58O10. The van der Waals surface area contributed by atoms with E-state index in [1.807, 2.05) is 37.3 Å². The van der Waals surface area contributed by atoms with Crippen LogP contribution in [0.5, 0.6) is 5.75 Å². The van der Waals surface area contributed by atoms with E-state index < -0.39 is 0 Å². The summed E-state index contributed by atoms with van der Waals surface area (Å²) in [6.07, 6.45) is 5.29. The number of esters is 1. The average molecular weight is 627 g/mol. The first-order valence-electron chi connectivity index (χ1n) is 15.6. The molecule has 44 heavy (non-hydrogen) atoms. The van der Waals surface area contributed by atoms with Gasteiger partial charge in [-0.05, 0) is 55.7 Å². The number of benzene rings is 1. The van der Waals surface area contributed by atoms with Gasteiger partial charge in [-0.1, -0.05) is 45.9 Å². The summed E-state index contributed by atoms with van der Waals surface area (Å²) >= 11 is 0. The molecule has 10 nitrogen and oxygen atoms in total. The van der Waals surface area contributed by atoms with Crippen molar-refractivity contribution in [3.05, 3.63) is 42.0 Å². The highest BCUT2D eigenvalue weighted by Crippen LogP contribution is 2.30. The Morgan fingerprint density at radius 1 is 0.773 bits per heavy atom. The first kappa shape index (κ1) is 40.0. The molecule has 0 aliphatic heterocycles. The molecule has 0 saturated heterocycles. The molecule has 0 radical (unpaired) electrons. The van der Waals surface area contributed by atoms with Gasteiger partial charge in [0.1, 0.15) is 26.1 Å². The molecule has 254 valence electrons. The van der Waals surface area contributed by atoms with E-state index in [1.165, 1.54) is 6.08 Å². The molecule has 0 bridgehead atoms. The Kier molecular flexibility index (Phi) is 22.0. The lowest BCUT2D eigenvalue weighted by molar-refractivity contribution is -0.157. The molecule has 0 fully saturated rings. The summed E-state index contributed by atoms with van der Waals surface area (Å²) in [6.45, 7) is 12.3. The third-order valence-electron chi connectivity index (χ3n) is 7.78. The number of carbonyl (C=O) groups is 1. The van der Waals surface area contributed by atoms with E-state index in [2.05, 4.69) is 20.8 Å². The van der Waals surface area contributed by atoms with Crippen LogP contribution >= 0.6 is 0 Å². The van der Waals surface area contributed by atoms with Crippen LogP contribution in [0.4, 0.5) is 0 Å². The third-order valence-corrected chi connectivity index (χ3v) is 7.78. The zero-order valence-electron chi connectivity index (χ0n) is 28.5. The highest BCUT2D eigenvalue weighted by atomic mass is 16.7. The van der Waals surface area contributed by atoms with Crippen molar-refractivity contribution in [1.82, 2.24) is 0 Å². The summed E-state index contributed by atoms with van der Waals surface area (Å²) in [7, 11) is 6.51. The second-order valence-electron chi connectivity index (χ2n) is 11.2. The lowest BCUT2D eigenvalue weighted by atomic mass is 9.83. The summed E-state index contributed by atoms with van der Waals surface area (Å²) in [5.41, 5.74) is 1.10. The van der Waals surface area contributed by atoms with Gasteiger partial charge < -0.3 is 42.6 Å². The number of hydrogen-bond donors (Lipinski definition) is 0. The normalized spacial score (nSPS) is 16.7. The lowest BCUT2D eigenvalue weighted by Crippen LogP contribution is -2.39. The summed E-state index contributed by atoms with van der Waals surface area (Å²) in [5, 5.41) is 0. The second kappa shape index (κ2) is 24.2. The predicted molar refractivity (Wildman–Crippen MR) is 169 cm³/mol. The van der Waals surface area contributed by atoms with Crippen molar-refractivity contribution in [1.29, 1.82) is 0 Å². The number of ether oxygens (including phenoxy) is 9. The molecule has 0 saturated carbocycles. The minimum Gasteiger partial charge on any atom is -0.497 e. The molecule has 7 atom stereocenters. The number of carbonyl (C=O) groups excluding carboxylic acids is 1. The largest absolute Gasteiger partial charge is 0.497 e. The third kappa shape index (κ3) is 15.8. The summed E-state index contributed by atoms with van der Waals surface area (Å²) in [6, 6.07) is 7.89. The van der Waals surface area contributed by atoms with Crippen LogP contribution < -0.4 is 4.74 Å². The number of methoxy groups -OCH3 is 4. The predicted octanol–water partition coefficient (Wildman–Crippen LogP) is 6.01. The van der Waals surface area contributed by atoms with Gasteiger partial charge in [-0.15, -0.1) is 0 Å². The van der Waals surface area contributed by atoms with Crippen LogP contribution in [0.15, 0.2) is 36.4 Å². The van der Waals surface area contributed by atoms with E-state index in [1.54, 1.807) is 35.4 Å². The van der Waals surface area contributed by atoms with Gasteiger partial charge >= 0.3 is 5.97 Å². The van der Waals surface area contributed by atoms with Gasteiger partial charge in [0.15, 0.2) is 0 Å². The molecule has 0 heterocycles. The Balaban J connectivity index is 2.88. The summed E-state index contributed by atoms with van der Waals surface area (Å²) in [5.74, 6) is 0.816. The van der Waals surface area contributed by atoms with Crippen molar-refractivity contribution in [3.8, 4) is 5.75 Å². The second-order valence-corrected chi connectivity index (χ2v) is 11.2. The van der Waals surface area contributed by atoms with Gasteiger partial charge in [0.2, 0.25) is 0 Å². The quantitative estimate of drug-likeness (QED) is 0.0526. The Bertz CT molecular complexity index is 877. The average Bonchev–Trinajstić information content (AvgIpc) is 3.02. The molecule has 0 unspecified atom stereocenters. The molecule has 10 heteroatoms. The highest BCUT2D eigenvalue weighted by Gasteiger charge is 2.33. The van der Waals surface area contributed by atoms with E-state index in [-0.39, 0.29) is 68.3 Å². The smallest absolute Gasteiger partial charge is 0.330 e. The van der Waals surface area contributed by atoms with E-state index in [0.717, 1.165) is 30.6 Å². The van der Waals surface area contributed by atoms with Gasteiger partial charge in [0, 0.05) is 45.8 Å². The standard InChI is InChI=1S/C34H58O10/c1-10-41-32(35)18-12-26(3)33(43-23-37-7)25(2)11-17-31(42-22-36-6)28(5)34(44-24-38-8)27(4)19-20-40-21-29-13-15-30(39-9)16-14-29/h12-16,18,25-28,31,33-34H,10-11,17,19-24H2,1-9H3/b18-12+/t25-,26+,27+,28-,31+,33-,34+/m0/s1. The molecule has 0 aromatic heterocycles. The maximum absolute atomic E-state index is 11.9. The first-order valence-corrected chi connectivity index (χ1v) is 15.6. The molecule has 0 N–H and O–H groups in total. The minimum absolute atomic E-state index is 0.0314.